The number of H-pyrrole nitrogens is 1. The summed E-state index contributed by atoms with van der Waals surface area (Å²) in [7, 11) is 3.23. The molecule has 0 atom stereocenters. The SMILES string of the molecule is CCOc1ccc(/C=N\n2c(-c3ccc(OC)cc3)n[nH]c2=S)cc1OC. The summed E-state index contributed by atoms with van der Waals surface area (Å²) in [6.07, 6.45) is 1.69. The predicted molar refractivity (Wildman–Crippen MR) is 107 cm³/mol. The zero-order valence-electron chi connectivity index (χ0n) is 15.3. The van der Waals surface area contributed by atoms with Gasteiger partial charge in [0.25, 0.3) is 0 Å². The van der Waals surface area contributed by atoms with Gasteiger partial charge in [0.1, 0.15) is 5.75 Å². The third kappa shape index (κ3) is 4.17. The Morgan fingerprint density at radius 2 is 1.89 bits per heavy atom. The Labute approximate surface area is 162 Å². The van der Waals surface area contributed by atoms with E-state index in [0.717, 1.165) is 16.9 Å². The molecule has 2 aromatic carbocycles. The first-order valence-corrected chi connectivity index (χ1v) is 8.74. The van der Waals surface area contributed by atoms with Crippen molar-refractivity contribution in [3.63, 3.8) is 0 Å². The van der Waals surface area contributed by atoms with Crippen LogP contribution in [0.5, 0.6) is 17.2 Å². The summed E-state index contributed by atoms with van der Waals surface area (Å²) in [6.45, 7) is 2.50. The largest absolute Gasteiger partial charge is 0.497 e. The topological polar surface area (TPSA) is 73.7 Å². The summed E-state index contributed by atoms with van der Waals surface area (Å²) in [5, 5.41) is 11.5. The van der Waals surface area contributed by atoms with Crippen molar-refractivity contribution in [2.45, 2.75) is 6.92 Å². The van der Waals surface area contributed by atoms with Crippen molar-refractivity contribution in [2.75, 3.05) is 20.8 Å². The van der Waals surface area contributed by atoms with E-state index in [4.69, 9.17) is 26.4 Å². The molecule has 0 saturated heterocycles. The van der Waals surface area contributed by atoms with Crippen LogP contribution in [0.2, 0.25) is 0 Å². The number of rotatable bonds is 7. The molecule has 0 aliphatic rings. The lowest BCUT2D eigenvalue weighted by Crippen LogP contribution is -1.98. The average Bonchev–Trinajstić information content (AvgIpc) is 3.08. The van der Waals surface area contributed by atoms with Crippen molar-refractivity contribution in [3.8, 4) is 28.6 Å². The Hall–Kier alpha value is -3.13. The molecule has 0 radical (unpaired) electrons. The van der Waals surface area contributed by atoms with Crippen molar-refractivity contribution in [1.29, 1.82) is 0 Å². The summed E-state index contributed by atoms with van der Waals surface area (Å²) >= 11 is 5.30. The Balaban J connectivity index is 1.91. The highest BCUT2D eigenvalue weighted by Gasteiger charge is 2.09. The van der Waals surface area contributed by atoms with Gasteiger partial charge in [0.2, 0.25) is 4.77 Å². The van der Waals surface area contributed by atoms with Crippen molar-refractivity contribution < 1.29 is 14.2 Å². The summed E-state index contributed by atoms with van der Waals surface area (Å²) in [6, 6.07) is 13.1. The number of nitrogens with zero attached hydrogens (tertiary/aromatic N) is 3. The highest BCUT2D eigenvalue weighted by Crippen LogP contribution is 2.27. The second-order valence-corrected chi connectivity index (χ2v) is 5.87. The van der Waals surface area contributed by atoms with Gasteiger partial charge in [-0.1, -0.05) is 0 Å². The molecule has 3 rings (SSSR count). The van der Waals surface area contributed by atoms with Gasteiger partial charge >= 0.3 is 0 Å². The van der Waals surface area contributed by atoms with E-state index in [9.17, 15) is 0 Å². The van der Waals surface area contributed by atoms with E-state index in [1.165, 1.54) is 0 Å². The van der Waals surface area contributed by atoms with Crippen LogP contribution in [-0.4, -0.2) is 41.9 Å². The number of ether oxygens (including phenoxy) is 3. The smallest absolute Gasteiger partial charge is 0.216 e. The second kappa shape index (κ2) is 8.50. The quantitative estimate of drug-likeness (QED) is 0.494. The third-order valence-corrected chi connectivity index (χ3v) is 4.07. The van der Waals surface area contributed by atoms with Crippen LogP contribution in [0.3, 0.4) is 0 Å². The minimum absolute atomic E-state index is 0.398. The van der Waals surface area contributed by atoms with Crippen molar-refractivity contribution in [1.82, 2.24) is 14.9 Å². The van der Waals surface area contributed by atoms with Crippen molar-refractivity contribution >= 4 is 18.4 Å². The van der Waals surface area contributed by atoms with Gasteiger partial charge in [0, 0.05) is 5.56 Å². The highest BCUT2D eigenvalue weighted by atomic mass is 32.1. The zero-order valence-corrected chi connectivity index (χ0v) is 16.1. The van der Waals surface area contributed by atoms with Gasteiger partial charge in [-0.25, -0.2) is 5.10 Å². The molecule has 0 amide bonds. The van der Waals surface area contributed by atoms with Gasteiger partial charge in [0.15, 0.2) is 17.3 Å². The molecule has 0 bridgehead atoms. The highest BCUT2D eigenvalue weighted by molar-refractivity contribution is 7.71. The third-order valence-electron chi connectivity index (χ3n) is 3.81. The molecule has 0 spiro atoms. The van der Waals surface area contributed by atoms with E-state index in [1.807, 2.05) is 49.4 Å². The summed E-state index contributed by atoms with van der Waals surface area (Å²) in [5.41, 5.74) is 1.71. The van der Waals surface area contributed by atoms with Gasteiger partial charge in [-0.15, -0.1) is 0 Å². The molecule has 1 N–H and O–H groups in total. The lowest BCUT2D eigenvalue weighted by Gasteiger charge is -2.09. The molecule has 0 saturated carbocycles. The molecule has 0 fully saturated rings. The number of methoxy groups -OCH3 is 2. The molecule has 3 aromatic rings. The molecule has 140 valence electrons. The summed E-state index contributed by atoms with van der Waals surface area (Å²) in [5.74, 6) is 2.71. The standard InChI is InChI=1S/C19H20N4O3S/c1-4-26-16-10-5-13(11-17(16)25-3)12-20-23-18(21-22-19(23)27)14-6-8-15(24-2)9-7-14/h5-12H,4H2,1-3H3,(H,22,27)/b20-12-. The van der Waals surface area contributed by atoms with Crippen molar-refractivity contribution in [3.05, 3.63) is 52.8 Å². The molecular weight excluding hydrogens is 364 g/mol. The maximum absolute atomic E-state index is 5.53. The Kier molecular flexibility index (Phi) is 5.87. The first kappa shape index (κ1) is 18.7. The maximum atomic E-state index is 5.53. The van der Waals surface area contributed by atoms with Crippen LogP contribution in [0.25, 0.3) is 11.4 Å². The molecule has 0 unspecified atom stereocenters. The van der Waals surface area contributed by atoms with E-state index >= 15 is 0 Å². The molecule has 0 aliphatic carbocycles. The van der Waals surface area contributed by atoms with Crippen LogP contribution in [0.4, 0.5) is 0 Å². The maximum Gasteiger partial charge on any atom is 0.216 e. The van der Waals surface area contributed by atoms with Crippen molar-refractivity contribution in [2.24, 2.45) is 5.10 Å². The average molecular weight is 384 g/mol. The first-order valence-electron chi connectivity index (χ1n) is 8.33. The Morgan fingerprint density at radius 3 is 2.56 bits per heavy atom. The lowest BCUT2D eigenvalue weighted by molar-refractivity contribution is 0.311. The summed E-state index contributed by atoms with van der Waals surface area (Å²) < 4.78 is 18.1. The molecule has 7 nitrogen and oxygen atoms in total. The van der Waals surface area contributed by atoms with Crippen LogP contribution in [-0.2, 0) is 0 Å². The number of aromatic nitrogens is 3. The first-order chi connectivity index (χ1) is 13.2. The molecule has 1 aromatic heterocycles. The van der Waals surface area contributed by atoms with E-state index < -0.39 is 0 Å². The van der Waals surface area contributed by atoms with Crippen LogP contribution in [0.15, 0.2) is 47.6 Å². The number of nitrogens with one attached hydrogen (secondary N) is 1. The van der Waals surface area contributed by atoms with Gasteiger partial charge < -0.3 is 14.2 Å². The van der Waals surface area contributed by atoms with E-state index in [2.05, 4.69) is 15.3 Å². The Bertz CT molecular complexity index is 993. The number of aromatic amines is 1. The van der Waals surface area contributed by atoms with Crippen LogP contribution in [0, 0.1) is 4.77 Å². The molecule has 27 heavy (non-hydrogen) atoms. The van der Waals surface area contributed by atoms with E-state index in [1.54, 1.807) is 25.1 Å². The fraction of sp³-hybridized carbons (Fsp3) is 0.211. The fourth-order valence-electron chi connectivity index (χ4n) is 2.49. The summed E-state index contributed by atoms with van der Waals surface area (Å²) in [4.78, 5) is 0. The number of hydrogen-bond acceptors (Lipinski definition) is 6. The molecular formula is C19H20N4O3S. The lowest BCUT2D eigenvalue weighted by atomic mass is 10.2. The van der Waals surface area contributed by atoms with E-state index in [-0.39, 0.29) is 0 Å². The molecule has 1 heterocycles. The zero-order chi connectivity index (χ0) is 19.2. The van der Waals surface area contributed by atoms with Gasteiger partial charge in [-0.3, -0.25) is 0 Å². The fourth-order valence-corrected chi connectivity index (χ4v) is 2.67. The van der Waals surface area contributed by atoms with E-state index in [0.29, 0.717) is 28.7 Å². The predicted octanol–water partition coefficient (Wildman–Crippen LogP) is 3.91. The molecule has 8 heteroatoms. The number of hydrogen-bond donors (Lipinski definition) is 1. The minimum Gasteiger partial charge on any atom is -0.497 e. The van der Waals surface area contributed by atoms with Crippen LogP contribution < -0.4 is 14.2 Å². The number of benzene rings is 2. The molecule has 0 aliphatic heterocycles. The van der Waals surface area contributed by atoms with Crippen LogP contribution >= 0.6 is 12.2 Å². The minimum atomic E-state index is 0.398. The van der Waals surface area contributed by atoms with Gasteiger partial charge in [-0.2, -0.15) is 14.9 Å². The van der Waals surface area contributed by atoms with Gasteiger partial charge in [0.05, 0.1) is 27.0 Å². The second-order valence-electron chi connectivity index (χ2n) is 5.48. The Morgan fingerprint density at radius 1 is 1.11 bits per heavy atom. The monoisotopic (exact) mass is 384 g/mol. The van der Waals surface area contributed by atoms with Gasteiger partial charge in [-0.05, 0) is 67.2 Å². The van der Waals surface area contributed by atoms with Crippen LogP contribution in [0.1, 0.15) is 12.5 Å². The normalized spacial score (nSPS) is 10.9.